The van der Waals surface area contributed by atoms with E-state index < -0.39 is 43.2 Å². The summed E-state index contributed by atoms with van der Waals surface area (Å²) >= 11 is 0. The van der Waals surface area contributed by atoms with Crippen molar-refractivity contribution in [3.05, 3.63) is 0 Å². The van der Waals surface area contributed by atoms with Gasteiger partial charge in [-0.3, -0.25) is 4.79 Å². The van der Waals surface area contributed by atoms with Gasteiger partial charge in [0.1, 0.15) is 30.2 Å². The Hall–Kier alpha value is -0.570. The molecular weight excluding hydrogens is 352 g/mol. The number of hydrogen-bond acceptors (Lipinski definition) is 7. The monoisotopic (exact) mass is 390 g/mol. The van der Waals surface area contributed by atoms with E-state index in [1.165, 1.54) is 38.5 Å². The Balaban J connectivity index is 2.22. The van der Waals surface area contributed by atoms with Crippen molar-refractivity contribution in [2.45, 2.75) is 114 Å². The smallest absolute Gasteiger partial charge is 0.202 e. The molecule has 7 nitrogen and oxygen atoms in total. The van der Waals surface area contributed by atoms with Crippen LogP contribution in [-0.4, -0.2) is 68.1 Å². The predicted octanol–water partition coefficient (Wildman–Crippen LogP) is 1.42. The van der Waals surface area contributed by atoms with Crippen LogP contribution in [0.1, 0.15) is 84.0 Å². The quantitative estimate of drug-likeness (QED) is 0.284. The summed E-state index contributed by atoms with van der Waals surface area (Å²) in [4.78, 5) is 12.1. The largest absolute Gasteiger partial charge is 0.394 e. The lowest BCUT2D eigenvalue weighted by Crippen LogP contribution is -2.65. The Morgan fingerprint density at radius 2 is 1.41 bits per heavy atom. The second-order valence-corrected chi connectivity index (χ2v) is 7.76. The lowest BCUT2D eigenvalue weighted by molar-refractivity contribution is -0.347. The zero-order valence-electron chi connectivity index (χ0n) is 16.6. The van der Waals surface area contributed by atoms with Crippen molar-refractivity contribution in [2.24, 2.45) is 0 Å². The standard InChI is InChI=1S/C20H38O7/c1-2-3-4-5-6-7-8-9-10-11-12-15(22)13-20(26)19(25)18(24)17(23)16(14-21)27-20/h16-19,21,23-26H,2-14H2,1H3/t16-,17+,18+,19-,20+/m1/s1. The molecule has 5 atom stereocenters. The van der Waals surface area contributed by atoms with Crippen molar-refractivity contribution >= 4 is 5.78 Å². The molecule has 0 aliphatic carbocycles. The number of ether oxygens (including phenoxy) is 1. The van der Waals surface area contributed by atoms with Crippen molar-refractivity contribution in [1.29, 1.82) is 0 Å². The maximum atomic E-state index is 12.1. The van der Waals surface area contributed by atoms with Crippen molar-refractivity contribution in [3.63, 3.8) is 0 Å². The second kappa shape index (κ2) is 12.8. The molecule has 1 fully saturated rings. The predicted molar refractivity (Wildman–Crippen MR) is 101 cm³/mol. The zero-order valence-corrected chi connectivity index (χ0v) is 16.6. The van der Waals surface area contributed by atoms with E-state index in [1.54, 1.807) is 0 Å². The number of hydrogen-bond donors (Lipinski definition) is 5. The first-order valence-electron chi connectivity index (χ1n) is 10.4. The Labute approximate surface area is 162 Å². The molecule has 0 aromatic rings. The maximum absolute atomic E-state index is 12.1. The Bertz CT molecular complexity index is 415. The molecule has 0 saturated carbocycles. The van der Waals surface area contributed by atoms with E-state index in [9.17, 15) is 25.2 Å². The van der Waals surface area contributed by atoms with Gasteiger partial charge in [-0.2, -0.15) is 0 Å². The maximum Gasteiger partial charge on any atom is 0.202 e. The zero-order chi connectivity index (χ0) is 20.3. The average molecular weight is 391 g/mol. The molecule has 0 spiro atoms. The number of ketones is 1. The van der Waals surface area contributed by atoms with Crippen molar-refractivity contribution in [1.82, 2.24) is 0 Å². The normalized spacial score (nSPS) is 31.2. The number of Topliss-reactive ketones (excluding diaryl/α,β-unsaturated/α-hetero) is 1. The number of aliphatic hydroxyl groups excluding tert-OH is 4. The summed E-state index contributed by atoms with van der Waals surface area (Å²) in [5.74, 6) is -2.57. The molecule has 1 aliphatic rings. The summed E-state index contributed by atoms with van der Waals surface area (Å²) in [5.41, 5.74) is 0. The van der Waals surface area contributed by atoms with Crippen LogP contribution in [0.2, 0.25) is 0 Å². The van der Waals surface area contributed by atoms with E-state index in [0.29, 0.717) is 6.42 Å². The van der Waals surface area contributed by atoms with Gasteiger partial charge in [-0.15, -0.1) is 0 Å². The molecule has 1 aliphatic heterocycles. The van der Waals surface area contributed by atoms with Crippen molar-refractivity contribution in [2.75, 3.05) is 6.61 Å². The van der Waals surface area contributed by atoms with Crippen molar-refractivity contribution in [3.8, 4) is 0 Å². The third-order valence-corrected chi connectivity index (χ3v) is 5.31. The van der Waals surface area contributed by atoms with Gasteiger partial charge in [0.2, 0.25) is 5.79 Å². The highest BCUT2D eigenvalue weighted by Crippen LogP contribution is 2.31. The van der Waals surface area contributed by atoms with Crippen LogP contribution in [-0.2, 0) is 9.53 Å². The number of carbonyl (C=O) groups is 1. The van der Waals surface area contributed by atoms with Gasteiger partial charge >= 0.3 is 0 Å². The third kappa shape index (κ3) is 8.13. The van der Waals surface area contributed by atoms with E-state index in [2.05, 4.69) is 6.92 Å². The highest BCUT2D eigenvalue weighted by molar-refractivity contribution is 5.79. The van der Waals surface area contributed by atoms with Crippen LogP contribution in [0.3, 0.4) is 0 Å². The first-order valence-corrected chi connectivity index (χ1v) is 10.4. The van der Waals surface area contributed by atoms with Gasteiger partial charge in [-0.05, 0) is 6.42 Å². The molecule has 0 aromatic carbocycles. The topological polar surface area (TPSA) is 127 Å². The second-order valence-electron chi connectivity index (χ2n) is 7.76. The van der Waals surface area contributed by atoms with Crippen LogP contribution in [0, 0.1) is 0 Å². The summed E-state index contributed by atoms with van der Waals surface area (Å²) in [6.45, 7) is 1.57. The molecule has 1 saturated heterocycles. The highest BCUT2D eigenvalue weighted by atomic mass is 16.7. The van der Waals surface area contributed by atoms with Gasteiger partial charge in [0.05, 0.1) is 13.0 Å². The molecule has 160 valence electrons. The molecule has 0 amide bonds. The van der Waals surface area contributed by atoms with E-state index in [-0.39, 0.29) is 12.2 Å². The van der Waals surface area contributed by atoms with Gasteiger partial charge in [0.15, 0.2) is 0 Å². The third-order valence-electron chi connectivity index (χ3n) is 5.31. The fourth-order valence-electron chi connectivity index (χ4n) is 3.55. The number of aliphatic hydroxyl groups is 5. The first-order chi connectivity index (χ1) is 12.9. The lowest BCUT2D eigenvalue weighted by Gasteiger charge is -2.45. The van der Waals surface area contributed by atoms with Crippen LogP contribution in [0.25, 0.3) is 0 Å². The molecule has 0 aromatic heterocycles. The SMILES string of the molecule is CCCCCCCCCCCCC(=O)C[C@]1(O)O[C@H](CO)[C@H](O)[C@H](O)[C@H]1O. The highest BCUT2D eigenvalue weighted by Gasteiger charge is 2.53. The summed E-state index contributed by atoms with van der Waals surface area (Å²) in [6, 6.07) is 0. The summed E-state index contributed by atoms with van der Waals surface area (Å²) in [7, 11) is 0. The molecule has 1 heterocycles. The molecule has 27 heavy (non-hydrogen) atoms. The number of carbonyl (C=O) groups excluding carboxylic acids is 1. The van der Waals surface area contributed by atoms with E-state index in [4.69, 9.17) is 9.84 Å². The van der Waals surface area contributed by atoms with Gasteiger partial charge in [0.25, 0.3) is 0 Å². The van der Waals surface area contributed by atoms with Gasteiger partial charge in [0, 0.05) is 6.42 Å². The Morgan fingerprint density at radius 1 is 0.889 bits per heavy atom. The molecule has 0 radical (unpaired) electrons. The number of rotatable bonds is 14. The van der Waals surface area contributed by atoms with Gasteiger partial charge < -0.3 is 30.3 Å². The summed E-state index contributed by atoms with van der Waals surface area (Å²) in [5, 5.41) is 49.0. The van der Waals surface area contributed by atoms with Crippen LogP contribution < -0.4 is 0 Å². The fraction of sp³-hybridized carbons (Fsp3) is 0.950. The molecule has 7 heteroatoms. The van der Waals surface area contributed by atoms with Gasteiger partial charge in [-0.1, -0.05) is 64.7 Å². The first kappa shape index (κ1) is 24.5. The minimum Gasteiger partial charge on any atom is -0.394 e. The van der Waals surface area contributed by atoms with Crippen LogP contribution in [0.5, 0.6) is 0 Å². The van der Waals surface area contributed by atoms with Crippen LogP contribution in [0.15, 0.2) is 0 Å². The summed E-state index contributed by atoms with van der Waals surface area (Å²) in [6.07, 6.45) is 5.03. The summed E-state index contributed by atoms with van der Waals surface area (Å²) < 4.78 is 5.11. The molecule has 0 bridgehead atoms. The van der Waals surface area contributed by atoms with E-state index in [1.807, 2.05) is 0 Å². The minimum atomic E-state index is -2.29. The molecule has 5 N–H and O–H groups in total. The number of unbranched alkanes of at least 4 members (excludes halogenated alkanes) is 9. The molecular formula is C20H38O7. The Kier molecular flexibility index (Phi) is 11.6. The average Bonchev–Trinajstić information content (AvgIpc) is 2.64. The van der Waals surface area contributed by atoms with E-state index >= 15 is 0 Å². The van der Waals surface area contributed by atoms with Crippen LogP contribution in [0.4, 0.5) is 0 Å². The van der Waals surface area contributed by atoms with Gasteiger partial charge in [-0.25, -0.2) is 0 Å². The lowest BCUT2D eigenvalue weighted by atomic mass is 9.89. The van der Waals surface area contributed by atoms with Crippen molar-refractivity contribution < 1.29 is 35.1 Å². The molecule has 0 unspecified atom stereocenters. The Morgan fingerprint density at radius 3 is 1.93 bits per heavy atom. The van der Waals surface area contributed by atoms with Crippen LogP contribution >= 0.6 is 0 Å². The molecule has 1 rings (SSSR count). The van der Waals surface area contributed by atoms with E-state index in [0.717, 1.165) is 19.3 Å². The fourth-order valence-corrected chi connectivity index (χ4v) is 3.55. The minimum absolute atomic E-state index is 0.261.